The van der Waals surface area contributed by atoms with Gasteiger partial charge in [0.2, 0.25) is 11.8 Å². The molecule has 124 valence electrons. The van der Waals surface area contributed by atoms with Gasteiger partial charge in [-0.2, -0.15) is 0 Å². The third-order valence-corrected chi connectivity index (χ3v) is 3.92. The minimum Gasteiger partial charge on any atom is -0.352 e. The minimum absolute atomic E-state index is 0.0521. The number of hydrogen-bond donors (Lipinski definition) is 3. The summed E-state index contributed by atoms with van der Waals surface area (Å²) < 4.78 is 0. The minimum atomic E-state index is -0.296. The molecule has 1 heterocycles. The summed E-state index contributed by atoms with van der Waals surface area (Å²) in [5.74, 6) is -0.187. The fourth-order valence-electron chi connectivity index (χ4n) is 2.60. The van der Waals surface area contributed by atoms with Crippen molar-refractivity contribution in [2.75, 3.05) is 19.6 Å². The molecule has 5 nitrogen and oxygen atoms in total. The largest absolute Gasteiger partial charge is 0.352 e. The summed E-state index contributed by atoms with van der Waals surface area (Å²) in [5.41, 5.74) is 3.35. The maximum atomic E-state index is 12.2. The Balaban J connectivity index is 1.93. The van der Waals surface area contributed by atoms with Crippen LogP contribution in [0.15, 0.2) is 35.9 Å². The molecule has 1 aliphatic heterocycles. The van der Waals surface area contributed by atoms with Gasteiger partial charge in [0.15, 0.2) is 0 Å². The highest BCUT2D eigenvalue weighted by Crippen LogP contribution is 2.17. The van der Waals surface area contributed by atoms with E-state index in [1.165, 1.54) is 12.5 Å². The Labute approximate surface area is 137 Å². The number of rotatable bonds is 6. The van der Waals surface area contributed by atoms with E-state index < -0.39 is 0 Å². The first-order chi connectivity index (χ1) is 11.0. The molecule has 23 heavy (non-hydrogen) atoms. The van der Waals surface area contributed by atoms with E-state index in [0.29, 0.717) is 6.54 Å². The zero-order chi connectivity index (χ0) is 16.7. The average Bonchev–Trinajstić information content (AvgIpc) is 2.53. The predicted octanol–water partition coefficient (Wildman–Crippen LogP) is 1.60. The molecule has 0 fully saturated rings. The van der Waals surface area contributed by atoms with Crippen LogP contribution in [0.3, 0.4) is 0 Å². The van der Waals surface area contributed by atoms with E-state index >= 15 is 0 Å². The second kappa shape index (κ2) is 8.48. The molecule has 3 N–H and O–H groups in total. The van der Waals surface area contributed by atoms with Gasteiger partial charge in [-0.15, -0.1) is 0 Å². The molecule has 0 aromatic heterocycles. The Hall–Kier alpha value is -2.14. The summed E-state index contributed by atoms with van der Waals surface area (Å²) in [6, 6.07) is 7.59. The van der Waals surface area contributed by atoms with Crippen molar-refractivity contribution in [3.05, 3.63) is 47.0 Å². The van der Waals surface area contributed by atoms with Gasteiger partial charge in [-0.25, -0.2) is 0 Å². The van der Waals surface area contributed by atoms with Crippen molar-refractivity contribution in [1.82, 2.24) is 16.0 Å². The summed E-state index contributed by atoms with van der Waals surface area (Å²) in [6.07, 6.45) is 3.33. The van der Waals surface area contributed by atoms with Crippen molar-refractivity contribution >= 4 is 11.8 Å². The molecule has 0 aliphatic carbocycles. The van der Waals surface area contributed by atoms with Crippen LogP contribution in [-0.2, 0) is 9.59 Å². The monoisotopic (exact) mass is 315 g/mol. The quantitative estimate of drug-likeness (QED) is 0.698. The van der Waals surface area contributed by atoms with E-state index in [1.807, 2.05) is 31.2 Å². The highest BCUT2D eigenvalue weighted by Gasteiger charge is 2.17. The molecule has 0 saturated heterocycles. The normalized spacial score (nSPS) is 15.5. The average molecular weight is 315 g/mol. The first kappa shape index (κ1) is 17.2. The molecule has 1 aromatic rings. The molecule has 5 heteroatoms. The van der Waals surface area contributed by atoms with E-state index in [-0.39, 0.29) is 24.3 Å². The van der Waals surface area contributed by atoms with Crippen LogP contribution >= 0.6 is 0 Å². The third-order valence-electron chi connectivity index (χ3n) is 3.92. The van der Waals surface area contributed by atoms with E-state index in [9.17, 15) is 9.59 Å². The lowest BCUT2D eigenvalue weighted by Gasteiger charge is -2.19. The smallest absolute Gasteiger partial charge is 0.222 e. The lowest BCUT2D eigenvalue weighted by molar-refractivity contribution is -0.122. The van der Waals surface area contributed by atoms with E-state index in [1.54, 1.807) is 0 Å². The lowest BCUT2D eigenvalue weighted by atomic mass is 10.0. The zero-order valence-electron chi connectivity index (χ0n) is 13.8. The Kier molecular flexibility index (Phi) is 6.35. The van der Waals surface area contributed by atoms with Gasteiger partial charge in [-0.3, -0.25) is 9.59 Å². The summed E-state index contributed by atoms with van der Waals surface area (Å²) in [4.78, 5) is 23.6. The van der Waals surface area contributed by atoms with E-state index in [2.05, 4.69) is 22.0 Å². The van der Waals surface area contributed by atoms with Gasteiger partial charge in [0.25, 0.3) is 0 Å². The first-order valence-electron chi connectivity index (χ1n) is 8.03. The van der Waals surface area contributed by atoms with E-state index in [0.717, 1.165) is 30.6 Å². The second-order valence-corrected chi connectivity index (χ2v) is 5.96. The Morgan fingerprint density at radius 3 is 2.61 bits per heavy atom. The van der Waals surface area contributed by atoms with Gasteiger partial charge in [-0.1, -0.05) is 41.5 Å². The number of benzene rings is 1. The Morgan fingerprint density at radius 1 is 1.26 bits per heavy atom. The van der Waals surface area contributed by atoms with Crippen LogP contribution < -0.4 is 16.0 Å². The fraction of sp³-hybridized carbons (Fsp3) is 0.444. The Bertz CT molecular complexity index is 578. The third kappa shape index (κ3) is 5.87. The van der Waals surface area contributed by atoms with Crippen molar-refractivity contribution in [3.63, 3.8) is 0 Å². The van der Waals surface area contributed by atoms with Crippen molar-refractivity contribution in [2.45, 2.75) is 32.7 Å². The highest BCUT2D eigenvalue weighted by molar-refractivity contribution is 5.79. The molecule has 2 amide bonds. The van der Waals surface area contributed by atoms with Crippen LogP contribution in [0.4, 0.5) is 0 Å². The maximum absolute atomic E-state index is 12.2. The zero-order valence-corrected chi connectivity index (χ0v) is 13.8. The van der Waals surface area contributed by atoms with Crippen LogP contribution in [-0.4, -0.2) is 31.4 Å². The van der Waals surface area contributed by atoms with Crippen molar-refractivity contribution < 1.29 is 9.59 Å². The van der Waals surface area contributed by atoms with Crippen LogP contribution in [0, 0.1) is 6.92 Å². The maximum Gasteiger partial charge on any atom is 0.222 e. The second-order valence-electron chi connectivity index (χ2n) is 5.96. The van der Waals surface area contributed by atoms with Gasteiger partial charge >= 0.3 is 0 Å². The Morgan fingerprint density at radius 2 is 2.00 bits per heavy atom. The molecular formula is C18H25N3O2. The molecule has 2 rings (SSSR count). The van der Waals surface area contributed by atoms with E-state index in [4.69, 9.17) is 0 Å². The van der Waals surface area contributed by atoms with Crippen molar-refractivity contribution in [2.24, 2.45) is 0 Å². The molecule has 1 unspecified atom stereocenters. The SMILES string of the molecule is CC(=O)NC(CC(=O)NCC1=CCNCC1)c1ccc(C)cc1. The molecular weight excluding hydrogens is 290 g/mol. The molecule has 0 saturated carbocycles. The van der Waals surface area contributed by atoms with Crippen molar-refractivity contribution in [1.29, 1.82) is 0 Å². The number of carbonyl (C=O) groups is 2. The van der Waals surface area contributed by atoms with Gasteiger partial charge in [0.1, 0.15) is 0 Å². The summed E-state index contributed by atoms with van der Waals surface area (Å²) >= 11 is 0. The first-order valence-corrected chi connectivity index (χ1v) is 8.03. The van der Waals surface area contributed by atoms with Crippen molar-refractivity contribution in [3.8, 4) is 0 Å². The molecule has 1 aromatic carbocycles. The number of hydrogen-bond acceptors (Lipinski definition) is 3. The van der Waals surface area contributed by atoms with Crippen LogP contribution in [0.1, 0.15) is 36.9 Å². The van der Waals surface area contributed by atoms with Crippen LogP contribution in [0.25, 0.3) is 0 Å². The predicted molar refractivity (Wildman–Crippen MR) is 90.9 cm³/mol. The van der Waals surface area contributed by atoms with Gasteiger partial charge in [-0.05, 0) is 25.5 Å². The van der Waals surface area contributed by atoms with Crippen LogP contribution in [0.2, 0.25) is 0 Å². The molecule has 1 atom stereocenters. The standard InChI is InChI=1S/C18H25N3O2/c1-13-3-5-16(6-4-13)17(21-14(2)22)11-18(23)20-12-15-7-9-19-10-8-15/h3-7,17,19H,8-12H2,1-2H3,(H,20,23)(H,21,22). The molecule has 1 aliphatic rings. The molecule has 0 spiro atoms. The van der Waals surface area contributed by atoms with Gasteiger partial charge in [0, 0.05) is 20.0 Å². The summed E-state index contributed by atoms with van der Waals surface area (Å²) in [7, 11) is 0. The number of amides is 2. The van der Waals surface area contributed by atoms with Crippen LogP contribution in [0.5, 0.6) is 0 Å². The number of carbonyl (C=O) groups excluding carboxylic acids is 2. The van der Waals surface area contributed by atoms with Gasteiger partial charge in [0.05, 0.1) is 12.5 Å². The topological polar surface area (TPSA) is 70.2 Å². The molecule has 0 radical (unpaired) electrons. The summed E-state index contributed by atoms with van der Waals surface area (Å²) in [6.45, 7) is 5.89. The van der Waals surface area contributed by atoms with Gasteiger partial charge < -0.3 is 16.0 Å². The highest BCUT2D eigenvalue weighted by atomic mass is 16.2. The summed E-state index contributed by atoms with van der Waals surface area (Å²) in [5, 5.41) is 9.06. The number of aryl methyl sites for hydroxylation is 1. The molecule has 0 bridgehead atoms. The fourth-order valence-corrected chi connectivity index (χ4v) is 2.60. The lowest BCUT2D eigenvalue weighted by Crippen LogP contribution is -2.34. The number of nitrogens with one attached hydrogen (secondary N) is 3.